The minimum atomic E-state index is -0.252. The lowest BCUT2D eigenvalue weighted by atomic mass is 10.1. The molecule has 0 radical (unpaired) electrons. The molecule has 3 aromatic carbocycles. The molecule has 0 aromatic heterocycles. The number of amidine groups is 1. The Labute approximate surface area is 216 Å². The van der Waals surface area contributed by atoms with Gasteiger partial charge in [0.25, 0.3) is 5.91 Å². The number of methoxy groups -OCH3 is 1. The highest BCUT2D eigenvalue weighted by Gasteiger charge is 2.24. The Balaban J connectivity index is 1.56. The van der Waals surface area contributed by atoms with Crippen molar-refractivity contribution in [3.8, 4) is 11.5 Å². The lowest BCUT2D eigenvalue weighted by molar-refractivity contribution is -0.115. The monoisotopic (exact) mass is 532 g/mol. The van der Waals surface area contributed by atoms with E-state index in [2.05, 4.69) is 10.3 Å². The SMILES string of the molecule is COc1cc(/C=C2/SC(=Nc3cccc(Cl)c3C)NC2=O)cc(Cl)c1OCc1ccccc1Cl. The summed E-state index contributed by atoms with van der Waals surface area (Å²) in [6.45, 7) is 2.11. The molecular formula is C25H19Cl3N2O3S. The highest BCUT2D eigenvalue weighted by atomic mass is 35.5. The summed E-state index contributed by atoms with van der Waals surface area (Å²) in [7, 11) is 1.53. The van der Waals surface area contributed by atoms with Gasteiger partial charge in [-0.25, -0.2) is 4.99 Å². The molecule has 1 amide bonds. The minimum Gasteiger partial charge on any atom is -0.493 e. The first-order valence-corrected chi connectivity index (χ1v) is 12.1. The Hall–Kier alpha value is -2.64. The van der Waals surface area contributed by atoms with E-state index in [-0.39, 0.29) is 12.5 Å². The molecule has 9 heteroatoms. The van der Waals surface area contributed by atoms with E-state index in [1.54, 1.807) is 30.3 Å². The number of aliphatic imine (C=N–C) groups is 1. The fraction of sp³-hybridized carbons (Fsp3) is 0.120. The van der Waals surface area contributed by atoms with E-state index in [0.717, 1.165) is 11.1 Å². The molecule has 0 unspecified atom stereocenters. The first-order chi connectivity index (χ1) is 16.4. The van der Waals surface area contributed by atoms with Gasteiger partial charge < -0.3 is 14.8 Å². The minimum absolute atomic E-state index is 0.233. The van der Waals surface area contributed by atoms with Crippen molar-refractivity contribution in [2.24, 2.45) is 4.99 Å². The number of rotatable bonds is 6. The summed E-state index contributed by atoms with van der Waals surface area (Å²) >= 11 is 20.1. The van der Waals surface area contributed by atoms with E-state index < -0.39 is 0 Å². The lowest BCUT2D eigenvalue weighted by Crippen LogP contribution is -2.19. The maximum atomic E-state index is 12.5. The molecule has 3 aromatic rings. The van der Waals surface area contributed by atoms with Crippen LogP contribution >= 0.6 is 46.6 Å². The van der Waals surface area contributed by atoms with Gasteiger partial charge in [0.2, 0.25) is 0 Å². The average Bonchev–Trinajstić information content (AvgIpc) is 3.15. The standard InChI is InChI=1S/C25H19Cl3N2O3S/c1-14-17(26)8-5-9-20(14)29-25-30-24(31)22(34-25)12-15-10-19(28)23(21(11-15)32-2)33-13-16-6-3-4-7-18(16)27/h3-12H,13H2,1-2H3,(H,29,30,31)/b22-12+. The number of ether oxygens (including phenoxy) is 2. The molecule has 0 saturated carbocycles. The molecule has 174 valence electrons. The van der Waals surface area contributed by atoms with Gasteiger partial charge in [-0.1, -0.05) is 59.1 Å². The Morgan fingerprint density at radius 1 is 1.03 bits per heavy atom. The molecule has 0 spiro atoms. The van der Waals surface area contributed by atoms with Gasteiger partial charge in [0.1, 0.15) is 6.61 Å². The molecule has 0 bridgehead atoms. The molecule has 5 nitrogen and oxygen atoms in total. The maximum absolute atomic E-state index is 12.5. The van der Waals surface area contributed by atoms with Crippen molar-refractivity contribution in [3.63, 3.8) is 0 Å². The molecule has 1 heterocycles. The van der Waals surface area contributed by atoms with E-state index in [1.165, 1.54) is 18.9 Å². The third kappa shape index (κ3) is 5.53. The molecule has 1 aliphatic heterocycles. The number of benzene rings is 3. The van der Waals surface area contributed by atoms with Gasteiger partial charge in [0, 0.05) is 15.6 Å². The van der Waals surface area contributed by atoms with Crippen LogP contribution in [0, 0.1) is 6.92 Å². The molecule has 0 aliphatic carbocycles. The highest BCUT2D eigenvalue weighted by molar-refractivity contribution is 8.18. The average molecular weight is 534 g/mol. The van der Waals surface area contributed by atoms with Crippen LogP contribution in [0.3, 0.4) is 0 Å². The Bertz CT molecular complexity index is 1320. The zero-order valence-corrected chi connectivity index (χ0v) is 21.3. The summed E-state index contributed by atoms with van der Waals surface area (Å²) in [5, 5.41) is 4.82. The van der Waals surface area contributed by atoms with Crippen LogP contribution in [0.2, 0.25) is 15.1 Å². The quantitative estimate of drug-likeness (QED) is 0.335. The Kier molecular flexibility index (Phi) is 7.73. The number of amides is 1. The normalized spacial score (nSPS) is 15.6. The molecule has 1 aliphatic rings. The van der Waals surface area contributed by atoms with Gasteiger partial charge in [-0.15, -0.1) is 0 Å². The second-order valence-corrected chi connectivity index (χ2v) is 9.53. The van der Waals surface area contributed by atoms with Crippen LogP contribution in [0.4, 0.5) is 5.69 Å². The largest absolute Gasteiger partial charge is 0.493 e. The van der Waals surface area contributed by atoms with E-state index >= 15 is 0 Å². The predicted octanol–water partition coefficient (Wildman–Crippen LogP) is 7.43. The number of hydrogen-bond acceptors (Lipinski definition) is 5. The van der Waals surface area contributed by atoms with Crippen LogP contribution in [0.25, 0.3) is 6.08 Å². The van der Waals surface area contributed by atoms with Crippen molar-refractivity contribution in [2.75, 3.05) is 7.11 Å². The Morgan fingerprint density at radius 3 is 2.56 bits per heavy atom. The summed E-state index contributed by atoms with van der Waals surface area (Å²) in [6, 6.07) is 16.3. The van der Waals surface area contributed by atoms with Gasteiger partial charge in [0.15, 0.2) is 16.7 Å². The van der Waals surface area contributed by atoms with E-state index in [4.69, 9.17) is 44.3 Å². The first-order valence-electron chi connectivity index (χ1n) is 10.1. The molecule has 0 atom stereocenters. The summed E-state index contributed by atoms with van der Waals surface area (Å²) in [4.78, 5) is 17.5. The smallest absolute Gasteiger partial charge is 0.264 e. The maximum Gasteiger partial charge on any atom is 0.264 e. The first kappa shape index (κ1) is 24.5. The van der Waals surface area contributed by atoms with Crippen LogP contribution < -0.4 is 14.8 Å². The van der Waals surface area contributed by atoms with Gasteiger partial charge in [0.05, 0.1) is 22.7 Å². The van der Waals surface area contributed by atoms with Crippen molar-refractivity contribution < 1.29 is 14.3 Å². The van der Waals surface area contributed by atoms with Crippen LogP contribution in [0.15, 0.2) is 64.5 Å². The van der Waals surface area contributed by atoms with Gasteiger partial charge in [-0.3, -0.25) is 4.79 Å². The Morgan fingerprint density at radius 2 is 1.79 bits per heavy atom. The summed E-state index contributed by atoms with van der Waals surface area (Å²) in [5.41, 5.74) is 3.05. The second kappa shape index (κ2) is 10.7. The van der Waals surface area contributed by atoms with E-state index in [0.29, 0.717) is 47.9 Å². The predicted molar refractivity (Wildman–Crippen MR) is 141 cm³/mol. The summed E-state index contributed by atoms with van der Waals surface area (Å²) < 4.78 is 11.4. The third-order valence-electron chi connectivity index (χ3n) is 4.99. The zero-order chi connectivity index (χ0) is 24.2. The summed E-state index contributed by atoms with van der Waals surface area (Å²) in [5.74, 6) is 0.587. The number of thioether (sulfide) groups is 1. The van der Waals surface area contributed by atoms with E-state index in [1.807, 2.05) is 37.3 Å². The van der Waals surface area contributed by atoms with Gasteiger partial charge in [-0.05, 0) is 66.2 Å². The van der Waals surface area contributed by atoms with Crippen LogP contribution in [0.5, 0.6) is 11.5 Å². The zero-order valence-electron chi connectivity index (χ0n) is 18.2. The second-order valence-electron chi connectivity index (χ2n) is 7.28. The molecular weight excluding hydrogens is 515 g/mol. The van der Waals surface area contributed by atoms with E-state index in [9.17, 15) is 4.79 Å². The van der Waals surface area contributed by atoms with Crippen LogP contribution in [-0.4, -0.2) is 18.2 Å². The van der Waals surface area contributed by atoms with Crippen molar-refractivity contribution in [3.05, 3.63) is 91.3 Å². The number of nitrogens with one attached hydrogen (secondary N) is 1. The molecule has 1 saturated heterocycles. The molecule has 4 rings (SSSR count). The number of carbonyl (C=O) groups is 1. The number of carbonyl (C=O) groups excluding carboxylic acids is 1. The van der Waals surface area contributed by atoms with Gasteiger partial charge >= 0.3 is 0 Å². The van der Waals surface area contributed by atoms with Crippen molar-refractivity contribution in [2.45, 2.75) is 13.5 Å². The fourth-order valence-corrected chi connectivity index (χ4v) is 4.66. The number of nitrogens with zero attached hydrogens (tertiary/aromatic N) is 1. The number of halogens is 3. The fourth-order valence-electron chi connectivity index (χ4n) is 3.19. The van der Waals surface area contributed by atoms with Crippen molar-refractivity contribution in [1.82, 2.24) is 5.32 Å². The van der Waals surface area contributed by atoms with Crippen molar-refractivity contribution in [1.29, 1.82) is 0 Å². The topological polar surface area (TPSA) is 59.9 Å². The lowest BCUT2D eigenvalue weighted by Gasteiger charge is -2.14. The number of hydrogen-bond donors (Lipinski definition) is 1. The highest BCUT2D eigenvalue weighted by Crippen LogP contribution is 2.39. The molecule has 1 fully saturated rings. The summed E-state index contributed by atoms with van der Waals surface area (Å²) in [6.07, 6.45) is 1.72. The van der Waals surface area contributed by atoms with Crippen molar-refractivity contribution >= 4 is 69.4 Å². The molecule has 34 heavy (non-hydrogen) atoms. The third-order valence-corrected chi connectivity index (χ3v) is 6.96. The van der Waals surface area contributed by atoms with Crippen LogP contribution in [0.1, 0.15) is 16.7 Å². The molecule has 1 N–H and O–H groups in total. The van der Waals surface area contributed by atoms with Crippen LogP contribution in [-0.2, 0) is 11.4 Å². The van der Waals surface area contributed by atoms with Gasteiger partial charge in [-0.2, -0.15) is 0 Å².